The Kier molecular flexibility index (Phi) is 6.80. The zero-order chi connectivity index (χ0) is 21.2. The van der Waals surface area contributed by atoms with Crippen molar-refractivity contribution >= 4 is 44.8 Å². The minimum atomic E-state index is -3.88. The second-order valence-electron chi connectivity index (χ2n) is 6.85. The van der Waals surface area contributed by atoms with Crippen LogP contribution in [0.15, 0.2) is 41.3 Å². The predicted octanol–water partition coefficient (Wildman–Crippen LogP) is 3.97. The topological polar surface area (TPSA) is 95.5 Å². The number of halogens is 3. The van der Waals surface area contributed by atoms with Gasteiger partial charge in [0.25, 0.3) is 5.91 Å². The van der Waals surface area contributed by atoms with Crippen LogP contribution in [-0.2, 0) is 10.0 Å². The Morgan fingerprint density at radius 3 is 2.38 bits per heavy atom. The van der Waals surface area contributed by atoms with Gasteiger partial charge < -0.3 is 10.4 Å². The summed E-state index contributed by atoms with van der Waals surface area (Å²) in [4.78, 5) is 12.5. The van der Waals surface area contributed by atoms with E-state index in [1.165, 1.54) is 30.3 Å². The van der Waals surface area contributed by atoms with Crippen LogP contribution in [0.5, 0.6) is 0 Å². The van der Waals surface area contributed by atoms with Crippen LogP contribution in [0.1, 0.15) is 36.0 Å². The number of anilines is 1. The summed E-state index contributed by atoms with van der Waals surface area (Å²) in [5.41, 5.74) is 0.193. The molecular weight excluding hydrogens is 442 g/mol. The summed E-state index contributed by atoms with van der Waals surface area (Å²) >= 11 is 11.8. The lowest BCUT2D eigenvalue weighted by Gasteiger charge is -2.26. The Hall–Kier alpha value is -1.71. The summed E-state index contributed by atoms with van der Waals surface area (Å²) in [7, 11) is -3.88. The lowest BCUT2D eigenvalue weighted by atomic mass is 9.94. The van der Waals surface area contributed by atoms with E-state index in [1.807, 2.05) is 0 Å². The zero-order valence-corrected chi connectivity index (χ0v) is 17.5. The van der Waals surface area contributed by atoms with Gasteiger partial charge in [0.1, 0.15) is 5.82 Å². The fourth-order valence-corrected chi connectivity index (χ4v) is 4.81. The number of nitrogens with one attached hydrogen (secondary N) is 2. The van der Waals surface area contributed by atoms with Crippen LogP contribution in [-0.4, -0.2) is 31.6 Å². The molecule has 1 aliphatic carbocycles. The molecule has 3 N–H and O–H groups in total. The number of aliphatic hydroxyl groups excluding tert-OH is 1. The van der Waals surface area contributed by atoms with E-state index in [1.54, 1.807) is 0 Å². The van der Waals surface area contributed by atoms with Crippen LogP contribution in [0.4, 0.5) is 10.1 Å². The number of rotatable bonds is 5. The van der Waals surface area contributed by atoms with Gasteiger partial charge in [0.15, 0.2) is 0 Å². The lowest BCUT2D eigenvalue weighted by Crippen LogP contribution is -2.38. The molecule has 0 heterocycles. The van der Waals surface area contributed by atoms with Crippen LogP contribution in [0.3, 0.4) is 0 Å². The van der Waals surface area contributed by atoms with Gasteiger partial charge in [-0.25, -0.2) is 17.5 Å². The van der Waals surface area contributed by atoms with Crippen LogP contribution >= 0.6 is 23.2 Å². The largest absolute Gasteiger partial charge is 0.393 e. The van der Waals surface area contributed by atoms with Gasteiger partial charge in [-0.3, -0.25) is 4.79 Å². The molecular formula is C19H19Cl2FN2O4S. The smallest absolute Gasteiger partial charge is 0.257 e. The maximum atomic E-state index is 13.3. The molecule has 0 radical (unpaired) electrons. The first kappa shape index (κ1) is 22.0. The molecule has 1 aliphatic rings. The summed E-state index contributed by atoms with van der Waals surface area (Å²) < 4.78 is 41.3. The Morgan fingerprint density at radius 2 is 1.72 bits per heavy atom. The second kappa shape index (κ2) is 8.97. The molecule has 0 aromatic heterocycles. The van der Waals surface area contributed by atoms with Crippen molar-refractivity contribution in [3.63, 3.8) is 0 Å². The number of benzene rings is 2. The Balaban J connectivity index is 1.79. The SMILES string of the molecule is O=C(Nc1ccc(F)c(Cl)c1)c1cc(S(=O)(=O)NC2CCC(O)CC2)ccc1Cl. The summed E-state index contributed by atoms with van der Waals surface area (Å²) in [6, 6.07) is 7.21. The first-order valence-corrected chi connectivity index (χ1v) is 11.2. The van der Waals surface area contributed by atoms with Crippen molar-refractivity contribution in [2.75, 3.05) is 5.32 Å². The predicted molar refractivity (Wildman–Crippen MR) is 109 cm³/mol. The fraction of sp³-hybridized carbons (Fsp3) is 0.316. The van der Waals surface area contributed by atoms with Crippen LogP contribution in [0, 0.1) is 5.82 Å². The van der Waals surface area contributed by atoms with Crippen molar-refractivity contribution in [3.05, 3.63) is 57.8 Å². The molecule has 1 fully saturated rings. The van der Waals surface area contributed by atoms with E-state index in [0.717, 1.165) is 6.07 Å². The molecule has 10 heteroatoms. The lowest BCUT2D eigenvalue weighted by molar-refractivity contribution is 0.102. The molecule has 1 amide bonds. The van der Waals surface area contributed by atoms with Crippen molar-refractivity contribution in [2.45, 2.75) is 42.7 Å². The maximum Gasteiger partial charge on any atom is 0.257 e. The van der Waals surface area contributed by atoms with E-state index in [4.69, 9.17) is 23.2 Å². The molecule has 3 rings (SSSR count). The summed E-state index contributed by atoms with van der Waals surface area (Å²) in [6.07, 6.45) is 1.73. The monoisotopic (exact) mass is 460 g/mol. The number of hydrogen-bond donors (Lipinski definition) is 3. The molecule has 6 nitrogen and oxygen atoms in total. The van der Waals surface area contributed by atoms with Crippen LogP contribution < -0.4 is 10.0 Å². The summed E-state index contributed by atoms with van der Waals surface area (Å²) in [6.45, 7) is 0. The van der Waals surface area contributed by atoms with E-state index in [0.29, 0.717) is 25.7 Å². The maximum absolute atomic E-state index is 13.3. The van der Waals surface area contributed by atoms with Crippen molar-refractivity contribution in [2.24, 2.45) is 0 Å². The molecule has 0 atom stereocenters. The third kappa shape index (κ3) is 5.46. The van der Waals surface area contributed by atoms with Crippen molar-refractivity contribution in [1.82, 2.24) is 4.72 Å². The minimum absolute atomic E-state index is 0.0472. The number of carbonyl (C=O) groups is 1. The van der Waals surface area contributed by atoms with Crippen molar-refractivity contribution < 1.29 is 22.7 Å². The number of carbonyl (C=O) groups excluding carboxylic acids is 1. The first-order valence-electron chi connectivity index (χ1n) is 8.92. The molecule has 0 bridgehead atoms. The average molecular weight is 461 g/mol. The number of amides is 1. The van der Waals surface area contributed by atoms with Gasteiger partial charge in [0, 0.05) is 11.7 Å². The first-order chi connectivity index (χ1) is 13.7. The van der Waals surface area contributed by atoms with E-state index in [2.05, 4.69) is 10.0 Å². The zero-order valence-electron chi connectivity index (χ0n) is 15.2. The highest BCUT2D eigenvalue weighted by Gasteiger charge is 2.26. The van der Waals surface area contributed by atoms with Crippen LogP contribution in [0.2, 0.25) is 10.0 Å². The van der Waals surface area contributed by atoms with E-state index in [9.17, 15) is 22.7 Å². The van der Waals surface area contributed by atoms with Gasteiger partial charge >= 0.3 is 0 Å². The normalized spacial score (nSPS) is 19.7. The van der Waals surface area contributed by atoms with Crippen molar-refractivity contribution in [3.8, 4) is 0 Å². The molecule has 0 unspecified atom stereocenters. The highest BCUT2D eigenvalue weighted by atomic mass is 35.5. The minimum Gasteiger partial charge on any atom is -0.393 e. The third-order valence-electron chi connectivity index (χ3n) is 4.69. The molecule has 0 saturated heterocycles. The molecule has 0 spiro atoms. The molecule has 2 aromatic carbocycles. The quantitative estimate of drug-likeness (QED) is 0.628. The van der Waals surface area contributed by atoms with E-state index < -0.39 is 27.9 Å². The second-order valence-corrected chi connectivity index (χ2v) is 9.38. The Labute approximate surface area is 178 Å². The molecule has 0 aliphatic heterocycles. The van der Waals surface area contributed by atoms with Crippen molar-refractivity contribution in [1.29, 1.82) is 0 Å². The fourth-order valence-electron chi connectivity index (χ4n) is 3.10. The molecule has 1 saturated carbocycles. The highest BCUT2D eigenvalue weighted by molar-refractivity contribution is 7.89. The van der Waals surface area contributed by atoms with E-state index >= 15 is 0 Å². The van der Waals surface area contributed by atoms with Gasteiger partial charge in [-0.1, -0.05) is 23.2 Å². The standard InChI is InChI=1S/C19H19Cl2FN2O4S/c20-16-7-6-14(29(27,28)24-11-1-4-13(25)5-2-11)10-15(16)19(26)23-12-3-8-18(22)17(21)9-12/h3,6-11,13,24-25H,1-2,4-5H2,(H,23,26). The average Bonchev–Trinajstić information content (AvgIpc) is 2.66. The third-order valence-corrected chi connectivity index (χ3v) is 6.83. The summed E-state index contributed by atoms with van der Waals surface area (Å²) in [5, 5.41) is 12.0. The molecule has 29 heavy (non-hydrogen) atoms. The van der Waals surface area contributed by atoms with Gasteiger partial charge in [0.05, 0.1) is 26.6 Å². The van der Waals surface area contributed by atoms with Gasteiger partial charge in [-0.05, 0) is 62.1 Å². The summed E-state index contributed by atoms with van der Waals surface area (Å²) in [5.74, 6) is -1.28. The molecule has 2 aromatic rings. The van der Waals surface area contributed by atoms with Gasteiger partial charge in [-0.15, -0.1) is 0 Å². The molecule has 156 valence electrons. The van der Waals surface area contributed by atoms with Gasteiger partial charge in [0.2, 0.25) is 10.0 Å². The van der Waals surface area contributed by atoms with E-state index in [-0.39, 0.29) is 32.2 Å². The Bertz CT molecular complexity index is 1020. The number of hydrogen-bond acceptors (Lipinski definition) is 4. The van der Waals surface area contributed by atoms with Gasteiger partial charge in [-0.2, -0.15) is 0 Å². The Morgan fingerprint density at radius 1 is 1.03 bits per heavy atom. The number of aliphatic hydroxyl groups is 1. The number of sulfonamides is 1. The van der Waals surface area contributed by atoms with Crippen LogP contribution in [0.25, 0.3) is 0 Å². The highest BCUT2D eigenvalue weighted by Crippen LogP contribution is 2.25.